The van der Waals surface area contributed by atoms with E-state index in [-0.39, 0.29) is 16.2 Å². The third-order valence-electron chi connectivity index (χ3n) is 3.56. The summed E-state index contributed by atoms with van der Waals surface area (Å²) < 4.78 is 60.1. The maximum atomic E-state index is 14.3. The molecule has 144 valence electrons. The first kappa shape index (κ1) is 20.0. The third-order valence-corrected chi connectivity index (χ3v) is 5.38. The zero-order valence-corrected chi connectivity index (χ0v) is 16.4. The lowest BCUT2D eigenvalue weighted by Crippen LogP contribution is -2.31. The molecule has 0 heterocycles. The Morgan fingerprint density at radius 3 is 2.39 bits per heavy atom. The summed E-state index contributed by atoms with van der Waals surface area (Å²) in [5.74, 6) is -3.18. The molecule has 3 aromatic rings. The Hall–Kier alpha value is -2.78. The van der Waals surface area contributed by atoms with Crippen molar-refractivity contribution in [3.63, 3.8) is 0 Å². The van der Waals surface area contributed by atoms with Gasteiger partial charge in [-0.15, -0.1) is 0 Å². The molecule has 1 amide bonds. The highest BCUT2D eigenvalue weighted by atomic mass is 79.9. The van der Waals surface area contributed by atoms with Gasteiger partial charge in [0.1, 0.15) is 11.6 Å². The van der Waals surface area contributed by atoms with Crippen LogP contribution in [0, 0.1) is 11.6 Å². The van der Waals surface area contributed by atoms with Crippen molar-refractivity contribution in [1.82, 2.24) is 4.72 Å². The lowest BCUT2D eigenvalue weighted by atomic mass is 10.2. The fraction of sp³-hybridized carbons (Fsp3) is 0. The summed E-state index contributed by atoms with van der Waals surface area (Å²) in [6.07, 6.45) is 0. The first-order chi connectivity index (χ1) is 13.3. The molecule has 0 bridgehead atoms. The van der Waals surface area contributed by atoms with Crippen LogP contribution in [0.5, 0.6) is 11.5 Å². The minimum Gasteiger partial charge on any atom is -0.453 e. The van der Waals surface area contributed by atoms with Gasteiger partial charge in [-0.3, -0.25) is 4.79 Å². The molecule has 0 radical (unpaired) electrons. The first-order valence-electron chi connectivity index (χ1n) is 7.81. The van der Waals surface area contributed by atoms with Crippen LogP contribution in [-0.2, 0) is 10.0 Å². The van der Waals surface area contributed by atoms with Gasteiger partial charge in [0.25, 0.3) is 15.9 Å². The number of amides is 1. The van der Waals surface area contributed by atoms with Crippen LogP contribution in [0.15, 0.2) is 76.1 Å². The lowest BCUT2D eigenvalue weighted by Gasteiger charge is -2.13. The van der Waals surface area contributed by atoms with Gasteiger partial charge in [0, 0.05) is 10.5 Å². The molecule has 0 aromatic heterocycles. The van der Waals surface area contributed by atoms with E-state index < -0.39 is 33.3 Å². The van der Waals surface area contributed by atoms with Gasteiger partial charge in [0.2, 0.25) is 0 Å². The standard InChI is InChI=1S/C19H12BrF2NO4S/c20-12-4-1-7-15(10-12)28(25,26)23-19(24)16-8-3-9-17(22)18(16)27-14-6-2-5-13(21)11-14/h1-11H,(H,23,24). The summed E-state index contributed by atoms with van der Waals surface area (Å²) >= 11 is 3.15. The van der Waals surface area contributed by atoms with Gasteiger partial charge in [-0.2, -0.15) is 0 Å². The van der Waals surface area contributed by atoms with E-state index in [2.05, 4.69) is 15.9 Å². The summed E-state index contributed by atoms with van der Waals surface area (Å²) in [5, 5.41) is 0. The Morgan fingerprint density at radius 1 is 0.964 bits per heavy atom. The minimum atomic E-state index is -4.21. The summed E-state index contributed by atoms with van der Waals surface area (Å²) in [4.78, 5) is 12.4. The number of carbonyl (C=O) groups excluding carboxylic acids is 1. The van der Waals surface area contributed by atoms with Crippen molar-refractivity contribution in [3.05, 3.63) is 88.4 Å². The lowest BCUT2D eigenvalue weighted by molar-refractivity contribution is 0.0978. The van der Waals surface area contributed by atoms with E-state index in [1.165, 1.54) is 48.5 Å². The predicted octanol–water partition coefficient (Wildman–Crippen LogP) is 4.64. The smallest absolute Gasteiger partial charge is 0.268 e. The van der Waals surface area contributed by atoms with Crippen molar-refractivity contribution < 1.29 is 26.7 Å². The Labute approximate surface area is 168 Å². The molecular formula is C19H12BrF2NO4S. The van der Waals surface area contributed by atoms with Crippen molar-refractivity contribution in [2.45, 2.75) is 4.90 Å². The van der Waals surface area contributed by atoms with Crippen molar-refractivity contribution in [3.8, 4) is 11.5 Å². The molecule has 0 unspecified atom stereocenters. The number of halogens is 3. The minimum absolute atomic E-state index is 0.0472. The second-order valence-electron chi connectivity index (χ2n) is 5.57. The molecular weight excluding hydrogens is 456 g/mol. The number of ether oxygens (including phenoxy) is 1. The normalized spacial score (nSPS) is 11.1. The van der Waals surface area contributed by atoms with E-state index >= 15 is 0 Å². The molecule has 3 aromatic carbocycles. The molecule has 0 spiro atoms. The third kappa shape index (κ3) is 4.55. The molecule has 0 saturated carbocycles. The molecule has 28 heavy (non-hydrogen) atoms. The quantitative estimate of drug-likeness (QED) is 0.593. The number of sulfonamides is 1. The molecule has 0 aliphatic heterocycles. The molecule has 3 rings (SSSR count). The van der Waals surface area contributed by atoms with Crippen molar-refractivity contribution >= 4 is 31.9 Å². The first-order valence-corrected chi connectivity index (χ1v) is 10.1. The second-order valence-corrected chi connectivity index (χ2v) is 8.17. The topological polar surface area (TPSA) is 72.5 Å². The molecule has 0 aliphatic carbocycles. The molecule has 0 fully saturated rings. The Bertz CT molecular complexity index is 1150. The Balaban J connectivity index is 1.93. The van der Waals surface area contributed by atoms with E-state index in [4.69, 9.17) is 4.74 Å². The van der Waals surface area contributed by atoms with Crippen LogP contribution in [0.1, 0.15) is 10.4 Å². The largest absolute Gasteiger partial charge is 0.453 e. The SMILES string of the molecule is O=C(NS(=O)(=O)c1cccc(Br)c1)c1cccc(F)c1Oc1cccc(F)c1. The van der Waals surface area contributed by atoms with E-state index in [9.17, 15) is 22.0 Å². The molecule has 0 atom stereocenters. The number of hydrogen-bond donors (Lipinski definition) is 1. The maximum absolute atomic E-state index is 14.3. The highest BCUT2D eigenvalue weighted by molar-refractivity contribution is 9.10. The van der Waals surface area contributed by atoms with E-state index in [0.717, 1.165) is 12.1 Å². The van der Waals surface area contributed by atoms with Crippen LogP contribution in [0.2, 0.25) is 0 Å². The van der Waals surface area contributed by atoms with Gasteiger partial charge in [-0.1, -0.05) is 34.1 Å². The number of rotatable bonds is 5. The van der Waals surface area contributed by atoms with E-state index in [1.54, 1.807) is 6.07 Å². The van der Waals surface area contributed by atoms with Gasteiger partial charge >= 0.3 is 0 Å². The summed E-state index contributed by atoms with van der Waals surface area (Å²) in [6, 6.07) is 14.1. The number of para-hydroxylation sites is 1. The van der Waals surface area contributed by atoms with Crippen LogP contribution in [0.25, 0.3) is 0 Å². The highest BCUT2D eigenvalue weighted by Crippen LogP contribution is 2.29. The van der Waals surface area contributed by atoms with Crippen LogP contribution in [0.4, 0.5) is 8.78 Å². The molecule has 5 nitrogen and oxygen atoms in total. The van der Waals surface area contributed by atoms with E-state index in [1.807, 2.05) is 4.72 Å². The molecule has 1 N–H and O–H groups in total. The van der Waals surface area contributed by atoms with Gasteiger partial charge in [-0.25, -0.2) is 21.9 Å². The molecule has 9 heteroatoms. The van der Waals surface area contributed by atoms with Gasteiger partial charge in [0.05, 0.1) is 10.5 Å². The Morgan fingerprint density at radius 2 is 1.68 bits per heavy atom. The Kier molecular flexibility index (Phi) is 5.76. The average Bonchev–Trinajstić information content (AvgIpc) is 2.63. The van der Waals surface area contributed by atoms with Crippen molar-refractivity contribution in [2.75, 3.05) is 0 Å². The van der Waals surface area contributed by atoms with Crippen LogP contribution in [-0.4, -0.2) is 14.3 Å². The zero-order valence-electron chi connectivity index (χ0n) is 14.0. The van der Waals surface area contributed by atoms with Crippen LogP contribution < -0.4 is 9.46 Å². The predicted molar refractivity (Wildman–Crippen MR) is 102 cm³/mol. The average molecular weight is 468 g/mol. The van der Waals surface area contributed by atoms with E-state index in [0.29, 0.717) is 4.47 Å². The number of carbonyl (C=O) groups is 1. The maximum Gasteiger partial charge on any atom is 0.268 e. The summed E-state index contributed by atoms with van der Waals surface area (Å²) in [5.41, 5.74) is -0.358. The molecule has 0 saturated heterocycles. The number of benzene rings is 3. The zero-order chi connectivity index (χ0) is 20.3. The highest BCUT2D eigenvalue weighted by Gasteiger charge is 2.23. The van der Waals surface area contributed by atoms with Crippen molar-refractivity contribution in [2.24, 2.45) is 0 Å². The van der Waals surface area contributed by atoms with Gasteiger partial charge in [0.15, 0.2) is 11.6 Å². The summed E-state index contributed by atoms with van der Waals surface area (Å²) in [6.45, 7) is 0. The summed E-state index contributed by atoms with van der Waals surface area (Å²) in [7, 11) is -4.21. The monoisotopic (exact) mass is 467 g/mol. The van der Waals surface area contributed by atoms with Gasteiger partial charge < -0.3 is 4.74 Å². The fourth-order valence-electron chi connectivity index (χ4n) is 2.31. The van der Waals surface area contributed by atoms with Gasteiger partial charge in [-0.05, 0) is 42.5 Å². The second kappa shape index (κ2) is 8.07. The van der Waals surface area contributed by atoms with Crippen molar-refractivity contribution in [1.29, 1.82) is 0 Å². The number of hydrogen-bond acceptors (Lipinski definition) is 4. The van der Waals surface area contributed by atoms with Crippen LogP contribution in [0.3, 0.4) is 0 Å². The fourth-order valence-corrected chi connectivity index (χ4v) is 3.87. The molecule has 0 aliphatic rings. The van der Waals surface area contributed by atoms with Crippen LogP contribution >= 0.6 is 15.9 Å². The number of nitrogens with one attached hydrogen (secondary N) is 1.